The summed E-state index contributed by atoms with van der Waals surface area (Å²) in [5, 5.41) is 3.67. The minimum atomic E-state index is -3.29. The van der Waals surface area contributed by atoms with Crippen molar-refractivity contribution in [3.8, 4) is 0 Å². The number of nitrogens with two attached hydrogens (primary N) is 1. The highest BCUT2D eigenvalue weighted by molar-refractivity contribution is 7.89. The van der Waals surface area contributed by atoms with Crippen LogP contribution in [0.4, 0.5) is 19.7 Å². The summed E-state index contributed by atoms with van der Waals surface area (Å²) in [5.74, 6) is -2.22. The fourth-order valence-corrected chi connectivity index (χ4v) is 6.26. The Morgan fingerprint density at radius 2 is 1.87 bits per heavy atom. The molecule has 0 aliphatic heterocycles. The van der Waals surface area contributed by atoms with Crippen molar-refractivity contribution in [3.63, 3.8) is 0 Å². The smallest absolute Gasteiger partial charge is 0.212 e. The predicted molar refractivity (Wildman–Crippen MR) is 118 cm³/mol. The summed E-state index contributed by atoms with van der Waals surface area (Å²) in [6.45, 7) is 3.73. The van der Waals surface area contributed by atoms with E-state index in [4.69, 9.17) is 5.73 Å². The molecule has 1 fully saturated rings. The Hall–Kier alpha value is -2.11. The maximum Gasteiger partial charge on any atom is 0.212 e. The van der Waals surface area contributed by atoms with E-state index < -0.39 is 27.4 Å². The number of anilines is 2. The summed E-state index contributed by atoms with van der Waals surface area (Å²) in [6, 6.07) is 2.71. The van der Waals surface area contributed by atoms with Crippen molar-refractivity contribution >= 4 is 38.1 Å². The van der Waals surface area contributed by atoms with Gasteiger partial charge in [0.15, 0.2) is 5.13 Å². The molecule has 0 bridgehead atoms. The van der Waals surface area contributed by atoms with Crippen molar-refractivity contribution < 1.29 is 22.0 Å². The molecule has 1 aliphatic rings. The highest BCUT2D eigenvalue weighted by Crippen LogP contribution is 2.31. The topological polar surface area (TPSA) is 114 Å². The molecule has 11 heteroatoms. The fourth-order valence-electron chi connectivity index (χ4n) is 3.62. The van der Waals surface area contributed by atoms with E-state index >= 15 is 0 Å². The van der Waals surface area contributed by atoms with Gasteiger partial charge >= 0.3 is 0 Å². The third kappa shape index (κ3) is 6.20. The van der Waals surface area contributed by atoms with E-state index in [2.05, 4.69) is 15.0 Å². The molecule has 4 N–H and O–H groups in total. The molecule has 1 aliphatic carbocycles. The normalized spacial score (nSPS) is 19.5. The maximum atomic E-state index is 13.9. The van der Waals surface area contributed by atoms with Crippen LogP contribution < -0.4 is 15.8 Å². The largest absolute Gasteiger partial charge is 0.382 e. The van der Waals surface area contributed by atoms with Gasteiger partial charge in [0.1, 0.15) is 22.3 Å². The van der Waals surface area contributed by atoms with Crippen molar-refractivity contribution in [2.24, 2.45) is 5.92 Å². The number of rotatable bonds is 8. The van der Waals surface area contributed by atoms with Crippen LogP contribution in [0.1, 0.15) is 54.8 Å². The molecular weight excluding hydrogens is 446 g/mol. The molecule has 1 aromatic heterocycles. The number of halogens is 2. The van der Waals surface area contributed by atoms with E-state index in [0.717, 1.165) is 36.3 Å². The number of sulfonamides is 1. The summed E-state index contributed by atoms with van der Waals surface area (Å²) in [6.07, 6.45) is 2.82. The zero-order valence-electron chi connectivity index (χ0n) is 17.3. The highest BCUT2D eigenvalue weighted by atomic mass is 32.2. The van der Waals surface area contributed by atoms with Crippen LogP contribution in [0.3, 0.4) is 0 Å². The first-order chi connectivity index (χ1) is 14.5. The third-order valence-corrected chi connectivity index (χ3v) is 7.79. The van der Waals surface area contributed by atoms with Gasteiger partial charge in [-0.05, 0) is 43.7 Å². The zero-order chi connectivity index (χ0) is 22.8. The number of ketones is 1. The molecule has 7 nitrogen and oxygen atoms in total. The van der Waals surface area contributed by atoms with Gasteiger partial charge in [0, 0.05) is 18.2 Å². The van der Waals surface area contributed by atoms with Crippen molar-refractivity contribution in [2.75, 3.05) is 16.8 Å². The molecule has 31 heavy (non-hydrogen) atoms. The van der Waals surface area contributed by atoms with E-state index in [1.54, 1.807) is 0 Å². The van der Waals surface area contributed by atoms with E-state index in [1.165, 1.54) is 0 Å². The first kappa shape index (κ1) is 23.6. The number of carbonyl (C=O) groups is 1. The summed E-state index contributed by atoms with van der Waals surface area (Å²) in [5.41, 5.74) is 5.59. The summed E-state index contributed by atoms with van der Waals surface area (Å²) in [7, 11) is -3.29. The minimum absolute atomic E-state index is 0.0173. The molecule has 0 radical (unpaired) electrons. The molecule has 1 aromatic carbocycles. The number of thiazole rings is 1. The van der Waals surface area contributed by atoms with Gasteiger partial charge < -0.3 is 11.1 Å². The van der Waals surface area contributed by atoms with Crippen LogP contribution in [0, 0.1) is 17.6 Å². The van der Waals surface area contributed by atoms with E-state index in [-0.39, 0.29) is 40.0 Å². The highest BCUT2D eigenvalue weighted by Gasteiger charge is 2.27. The van der Waals surface area contributed by atoms with Crippen molar-refractivity contribution in [1.29, 1.82) is 0 Å². The second kappa shape index (κ2) is 9.58. The molecule has 0 amide bonds. The van der Waals surface area contributed by atoms with Crippen molar-refractivity contribution in [3.05, 3.63) is 40.3 Å². The molecule has 170 valence electrons. The lowest BCUT2D eigenvalue weighted by molar-refractivity contribution is 0.103. The lowest BCUT2D eigenvalue weighted by atomic mass is 9.92. The van der Waals surface area contributed by atoms with Crippen LogP contribution in [0.15, 0.2) is 18.2 Å². The van der Waals surface area contributed by atoms with Gasteiger partial charge in [-0.15, -0.1) is 0 Å². The van der Waals surface area contributed by atoms with Crippen LogP contribution in [-0.2, 0) is 10.0 Å². The van der Waals surface area contributed by atoms with Gasteiger partial charge in [0.2, 0.25) is 15.8 Å². The zero-order valence-corrected chi connectivity index (χ0v) is 19.0. The van der Waals surface area contributed by atoms with Gasteiger partial charge in [0.25, 0.3) is 0 Å². The number of carbonyl (C=O) groups excluding carboxylic acids is 1. The molecule has 1 heterocycles. The Morgan fingerprint density at radius 1 is 1.23 bits per heavy atom. The van der Waals surface area contributed by atoms with Crippen LogP contribution in [-0.4, -0.2) is 37.0 Å². The summed E-state index contributed by atoms with van der Waals surface area (Å²) in [4.78, 5) is 16.8. The van der Waals surface area contributed by atoms with E-state index in [1.807, 2.05) is 13.8 Å². The Balaban J connectivity index is 1.59. The van der Waals surface area contributed by atoms with Crippen molar-refractivity contribution in [1.82, 2.24) is 9.71 Å². The predicted octanol–water partition coefficient (Wildman–Crippen LogP) is 3.53. The number of hydrogen-bond acceptors (Lipinski definition) is 7. The average Bonchev–Trinajstić information content (AvgIpc) is 3.01. The van der Waals surface area contributed by atoms with Gasteiger partial charge in [-0.25, -0.2) is 26.9 Å². The van der Waals surface area contributed by atoms with Crippen LogP contribution in [0.5, 0.6) is 0 Å². The Bertz CT molecular complexity index is 1050. The summed E-state index contributed by atoms with van der Waals surface area (Å²) < 4.78 is 54.0. The second-order valence-corrected chi connectivity index (χ2v) is 11.0. The number of aromatic nitrogens is 1. The van der Waals surface area contributed by atoms with Gasteiger partial charge in [-0.3, -0.25) is 4.79 Å². The van der Waals surface area contributed by atoms with Crippen molar-refractivity contribution in [2.45, 2.75) is 51.6 Å². The summed E-state index contributed by atoms with van der Waals surface area (Å²) >= 11 is 1.02. The molecule has 0 unspecified atom stereocenters. The van der Waals surface area contributed by atoms with E-state index in [9.17, 15) is 22.0 Å². The first-order valence-electron chi connectivity index (χ1n) is 10.1. The number of hydrogen-bond donors (Lipinski definition) is 3. The Labute approximate surface area is 184 Å². The second-order valence-electron chi connectivity index (χ2n) is 8.17. The molecule has 0 saturated heterocycles. The molecule has 1 saturated carbocycles. The van der Waals surface area contributed by atoms with E-state index in [0.29, 0.717) is 24.0 Å². The third-order valence-electron chi connectivity index (χ3n) is 4.99. The minimum Gasteiger partial charge on any atom is -0.382 e. The Kier molecular flexibility index (Phi) is 7.28. The number of nitrogens with zero attached hydrogens (tertiary/aromatic N) is 1. The number of nitrogens with one attached hydrogen (secondary N) is 2. The number of nitrogen functional groups attached to an aromatic ring is 1. The molecular formula is C20H26F2N4O3S2. The standard InChI is InChI=1S/C20H26F2N4O3S2/c1-11(2)10-31(28,29)26-14-6-4-13(5-7-14)24-20-25-19(23)18(30-20)17(27)15-8-3-12(21)9-16(15)22/h3,8-9,11,13-14,26H,4-7,10,23H2,1-2H3,(H,24,25)/t13-,14-. The first-order valence-corrected chi connectivity index (χ1v) is 12.5. The quantitative estimate of drug-likeness (QED) is 0.507. The van der Waals surface area contributed by atoms with Gasteiger partial charge in [-0.2, -0.15) is 0 Å². The fraction of sp³-hybridized carbons (Fsp3) is 0.500. The van der Waals surface area contributed by atoms with Crippen LogP contribution in [0.2, 0.25) is 0 Å². The maximum absolute atomic E-state index is 13.9. The lowest BCUT2D eigenvalue weighted by Crippen LogP contribution is -2.41. The molecule has 3 rings (SSSR count). The SMILES string of the molecule is CC(C)CS(=O)(=O)N[C@H]1CC[C@H](Nc2nc(N)c(C(=O)c3ccc(F)cc3F)s2)CC1. The molecule has 0 spiro atoms. The Morgan fingerprint density at radius 3 is 2.48 bits per heavy atom. The van der Waals surface area contributed by atoms with Crippen LogP contribution in [0.25, 0.3) is 0 Å². The molecule has 2 aromatic rings. The monoisotopic (exact) mass is 472 g/mol. The number of benzene rings is 1. The average molecular weight is 473 g/mol. The van der Waals surface area contributed by atoms with Gasteiger partial charge in [-0.1, -0.05) is 25.2 Å². The lowest BCUT2D eigenvalue weighted by Gasteiger charge is -2.29. The molecule has 0 atom stereocenters. The van der Waals surface area contributed by atoms with Crippen LogP contribution >= 0.6 is 11.3 Å². The van der Waals surface area contributed by atoms with Gasteiger partial charge in [0.05, 0.1) is 11.3 Å².